The van der Waals surface area contributed by atoms with Gasteiger partial charge in [-0.05, 0) is 74.4 Å². The molecule has 4 aliphatic rings. The summed E-state index contributed by atoms with van der Waals surface area (Å²) >= 11 is 0. The van der Waals surface area contributed by atoms with Crippen molar-refractivity contribution in [3.05, 3.63) is 59.3 Å². The van der Waals surface area contributed by atoms with Gasteiger partial charge in [-0.15, -0.1) is 10.2 Å². The number of hydrogen-bond donors (Lipinski definition) is 5. The van der Waals surface area contributed by atoms with Crippen LogP contribution in [0.4, 0.5) is 37.6 Å². The highest BCUT2D eigenvalue weighted by atomic mass is 19.1. The van der Waals surface area contributed by atoms with Crippen molar-refractivity contribution in [1.29, 1.82) is 0 Å². The molecule has 17 nitrogen and oxygen atoms in total. The van der Waals surface area contributed by atoms with Crippen molar-refractivity contribution in [2.45, 2.75) is 57.5 Å². The maximum absolute atomic E-state index is 15.6. The molecular formula is C39H48F2N12O5. The molecule has 5 amide bonds. The zero-order valence-electron chi connectivity index (χ0n) is 32.3. The minimum atomic E-state index is -0.884. The zero-order valence-corrected chi connectivity index (χ0v) is 32.3. The van der Waals surface area contributed by atoms with Gasteiger partial charge in [-0.1, -0.05) is 0 Å². The summed E-state index contributed by atoms with van der Waals surface area (Å²) < 4.78 is 30.7. The second-order valence-electron chi connectivity index (χ2n) is 15.3. The SMILES string of the molecule is CC(=O)NC1CCCN(c2nnc(C(N)=O)c(Nc3ccc(N4CCN(CC5CCN(c6ccc(C(=O)NC7CCC(=O)NC7=O)c(F)c6)CC5)CC4)c(F)c3)n2)C1. The van der Waals surface area contributed by atoms with E-state index in [-0.39, 0.29) is 47.8 Å². The van der Waals surface area contributed by atoms with E-state index in [1.165, 1.54) is 25.1 Å². The number of hydrogen-bond acceptors (Lipinski definition) is 13. The molecule has 3 aromatic rings. The molecule has 5 heterocycles. The van der Waals surface area contributed by atoms with E-state index in [1.54, 1.807) is 18.2 Å². The highest BCUT2D eigenvalue weighted by molar-refractivity contribution is 6.04. The summed E-state index contributed by atoms with van der Waals surface area (Å²) in [6.45, 7) is 7.80. The molecule has 4 saturated heterocycles. The fourth-order valence-electron chi connectivity index (χ4n) is 8.11. The lowest BCUT2D eigenvalue weighted by atomic mass is 9.95. The molecule has 2 aromatic carbocycles. The average molecular weight is 803 g/mol. The maximum atomic E-state index is 15.6. The second kappa shape index (κ2) is 17.7. The third-order valence-electron chi connectivity index (χ3n) is 11.2. The van der Waals surface area contributed by atoms with Crippen LogP contribution in [0.15, 0.2) is 36.4 Å². The molecule has 1 aromatic heterocycles. The van der Waals surface area contributed by atoms with Crippen molar-refractivity contribution in [2.24, 2.45) is 11.7 Å². The Bertz CT molecular complexity index is 2060. The summed E-state index contributed by atoms with van der Waals surface area (Å²) in [6, 6.07) is 8.31. The van der Waals surface area contributed by atoms with Crippen molar-refractivity contribution in [1.82, 2.24) is 36.0 Å². The molecule has 6 N–H and O–H groups in total. The van der Waals surface area contributed by atoms with Crippen LogP contribution >= 0.6 is 0 Å². The molecule has 0 saturated carbocycles. The Morgan fingerprint density at radius 2 is 1.64 bits per heavy atom. The van der Waals surface area contributed by atoms with Crippen LogP contribution in [-0.4, -0.2) is 121 Å². The molecule has 308 valence electrons. The summed E-state index contributed by atoms with van der Waals surface area (Å²) in [6.07, 6.45) is 3.73. The first kappa shape index (κ1) is 40.2. The van der Waals surface area contributed by atoms with E-state index in [0.29, 0.717) is 49.2 Å². The summed E-state index contributed by atoms with van der Waals surface area (Å²) in [5.41, 5.74) is 6.75. The fraction of sp³-hybridized carbons (Fsp3) is 0.487. The van der Waals surface area contributed by atoms with Gasteiger partial charge in [-0.25, -0.2) is 8.78 Å². The summed E-state index contributed by atoms with van der Waals surface area (Å²) in [5.74, 6) is -2.97. The number of nitrogens with one attached hydrogen (secondary N) is 4. The number of nitrogens with zero attached hydrogens (tertiary/aromatic N) is 7. The maximum Gasteiger partial charge on any atom is 0.273 e. The summed E-state index contributed by atoms with van der Waals surface area (Å²) in [4.78, 5) is 72.8. The van der Waals surface area contributed by atoms with Gasteiger partial charge in [-0.3, -0.25) is 34.2 Å². The van der Waals surface area contributed by atoms with Gasteiger partial charge in [-0.2, -0.15) is 4.98 Å². The summed E-state index contributed by atoms with van der Waals surface area (Å²) in [7, 11) is 0. The lowest BCUT2D eigenvalue weighted by molar-refractivity contribution is -0.134. The number of halogens is 2. The Hall–Kier alpha value is -5.98. The van der Waals surface area contributed by atoms with Crippen molar-refractivity contribution < 1.29 is 32.8 Å². The van der Waals surface area contributed by atoms with E-state index < -0.39 is 41.3 Å². The molecule has 58 heavy (non-hydrogen) atoms. The van der Waals surface area contributed by atoms with Gasteiger partial charge in [0.15, 0.2) is 11.5 Å². The monoisotopic (exact) mass is 802 g/mol. The number of piperazine rings is 1. The van der Waals surface area contributed by atoms with E-state index in [0.717, 1.165) is 58.4 Å². The number of benzene rings is 2. The van der Waals surface area contributed by atoms with Crippen LogP contribution in [0, 0.1) is 17.6 Å². The molecule has 4 aliphatic heterocycles. The molecule has 4 fully saturated rings. The Morgan fingerprint density at radius 1 is 0.862 bits per heavy atom. The molecular weight excluding hydrogens is 755 g/mol. The first-order chi connectivity index (χ1) is 27.9. The quantitative estimate of drug-likeness (QED) is 0.175. The molecule has 19 heteroatoms. The zero-order chi connectivity index (χ0) is 40.9. The number of primary amides is 1. The van der Waals surface area contributed by atoms with E-state index >= 15 is 8.78 Å². The van der Waals surface area contributed by atoms with Crippen molar-refractivity contribution in [3.63, 3.8) is 0 Å². The third kappa shape index (κ3) is 9.58. The normalized spacial score (nSPS) is 20.7. The highest BCUT2D eigenvalue weighted by Crippen LogP contribution is 2.29. The van der Waals surface area contributed by atoms with E-state index in [9.17, 15) is 24.0 Å². The number of aromatic nitrogens is 3. The first-order valence-corrected chi connectivity index (χ1v) is 19.7. The largest absolute Gasteiger partial charge is 0.371 e. The standard InChI is InChI=1S/C39H48F2N12O5/c1-23(54)43-26-3-2-12-53(22-26)39-47-36(34(35(42)56)48-49-39)44-25-4-8-32(30(41)19-25)52-17-15-50(16-18-52)21-24-10-13-51(14-11-24)27-5-6-28(29(40)20-27)37(57)45-31-7-9-33(55)46-38(31)58/h4-6,8,19-20,24,26,31H,2-3,7,9-18,21-22H2,1H3,(H2,42,56)(H,43,54)(H,45,57)(H,44,47,49)(H,46,55,58). The number of carbonyl (C=O) groups excluding carboxylic acids is 5. The fourth-order valence-corrected chi connectivity index (χ4v) is 8.11. The van der Waals surface area contributed by atoms with Crippen LogP contribution < -0.4 is 41.7 Å². The molecule has 7 rings (SSSR count). The lowest BCUT2D eigenvalue weighted by Gasteiger charge is -2.40. The Labute approximate surface area is 334 Å². The Morgan fingerprint density at radius 3 is 2.33 bits per heavy atom. The molecule has 0 spiro atoms. The number of piperidine rings is 3. The Kier molecular flexibility index (Phi) is 12.2. The minimum absolute atomic E-state index is 0.0592. The van der Waals surface area contributed by atoms with E-state index in [2.05, 4.69) is 46.2 Å². The average Bonchev–Trinajstić information content (AvgIpc) is 3.19. The highest BCUT2D eigenvalue weighted by Gasteiger charge is 2.30. The third-order valence-corrected chi connectivity index (χ3v) is 11.2. The number of rotatable bonds is 11. The van der Waals surface area contributed by atoms with Gasteiger partial charge in [0, 0.05) is 89.7 Å². The number of nitrogens with two attached hydrogens (primary N) is 1. The molecule has 2 unspecified atom stereocenters. The summed E-state index contributed by atoms with van der Waals surface area (Å²) in [5, 5.41) is 18.7. The molecule has 0 radical (unpaired) electrons. The Balaban J connectivity index is 0.883. The molecule has 2 atom stereocenters. The van der Waals surface area contributed by atoms with Gasteiger partial charge in [0.1, 0.15) is 17.7 Å². The lowest BCUT2D eigenvalue weighted by Crippen LogP contribution is -2.52. The van der Waals surface area contributed by atoms with Crippen LogP contribution in [0.2, 0.25) is 0 Å². The van der Waals surface area contributed by atoms with Gasteiger partial charge in [0.05, 0.1) is 11.3 Å². The molecule has 0 bridgehead atoms. The topological polar surface area (TPSA) is 211 Å². The van der Waals surface area contributed by atoms with Crippen LogP contribution in [-0.2, 0) is 14.4 Å². The van der Waals surface area contributed by atoms with Gasteiger partial charge < -0.3 is 36.4 Å². The van der Waals surface area contributed by atoms with Crippen molar-refractivity contribution in [2.75, 3.05) is 78.9 Å². The van der Waals surface area contributed by atoms with Crippen molar-refractivity contribution >= 4 is 58.4 Å². The molecule has 0 aliphatic carbocycles. The number of anilines is 5. The van der Waals surface area contributed by atoms with E-state index in [1.807, 2.05) is 9.80 Å². The van der Waals surface area contributed by atoms with Crippen molar-refractivity contribution in [3.8, 4) is 0 Å². The second-order valence-corrected chi connectivity index (χ2v) is 15.3. The first-order valence-electron chi connectivity index (χ1n) is 19.7. The number of amides is 5. The predicted octanol–water partition coefficient (Wildman–Crippen LogP) is 1.67. The van der Waals surface area contributed by atoms with Crippen LogP contribution in [0.3, 0.4) is 0 Å². The predicted molar refractivity (Wildman–Crippen MR) is 211 cm³/mol. The number of imide groups is 1. The van der Waals surface area contributed by atoms with Crippen LogP contribution in [0.25, 0.3) is 0 Å². The van der Waals surface area contributed by atoms with Gasteiger partial charge in [0.25, 0.3) is 11.8 Å². The smallest absolute Gasteiger partial charge is 0.273 e. The number of carbonyl (C=O) groups is 5. The van der Waals surface area contributed by atoms with Gasteiger partial charge >= 0.3 is 0 Å². The van der Waals surface area contributed by atoms with Crippen LogP contribution in [0.1, 0.15) is 66.3 Å². The van der Waals surface area contributed by atoms with E-state index in [4.69, 9.17) is 5.73 Å². The van der Waals surface area contributed by atoms with Gasteiger partial charge in [0.2, 0.25) is 23.7 Å². The minimum Gasteiger partial charge on any atom is -0.371 e. The van der Waals surface area contributed by atoms with Crippen LogP contribution in [0.5, 0.6) is 0 Å².